The second kappa shape index (κ2) is 5.61. The molecule has 4 heteroatoms. The Hall–Kier alpha value is -1.49. The molecule has 2 saturated heterocycles. The maximum absolute atomic E-state index is 13.0. The fourth-order valence-corrected chi connectivity index (χ4v) is 5.03. The first kappa shape index (κ1) is 14.1. The predicted octanol–water partition coefficient (Wildman–Crippen LogP) is 2.91. The van der Waals surface area contributed by atoms with Crippen LogP contribution < -0.4 is 4.90 Å². The van der Waals surface area contributed by atoms with Crippen LogP contribution in [0.2, 0.25) is 0 Å². The number of hydrogen-bond donors (Lipinski definition) is 1. The molecule has 1 N–H and O–H groups in total. The molecule has 0 amide bonds. The van der Waals surface area contributed by atoms with Crippen molar-refractivity contribution in [2.75, 3.05) is 7.05 Å². The van der Waals surface area contributed by atoms with E-state index < -0.39 is 0 Å². The number of Topliss-reactive ketones (excluding diaryl/α,β-unsaturated/α-hetero) is 1. The van der Waals surface area contributed by atoms with Crippen LogP contribution in [-0.2, 0) is 4.79 Å². The van der Waals surface area contributed by atoms with Crippen molar-refractivity contribution in [2.24, 2.45) is 0 Å². The summed E-state index contributed by atoms with van der Waals surface area (Å²) in [4.78, 5) is 16.9. The molecule has 0 radical (unpaired) electrons. The molecule has 2 unspecified atom stereocenters. The second-order valence-corrected chi connectivity index (χ2v) is 7.94. The molecule has 4 heterocycles. The molecule has 2 atom stereocenters. The first-order chi connectivity index (χ1) is 10.7. The maximum atomic E-state index is 13.0. The molecule has 2 aliphatic heterocycles. The minimum atomic E-state index is 0.264. The monoisotopic (exact) mass is 328 g/mol. The number of carbonyl (C=O) groups is 1. The molecule has 2 fully saturated rings. The van der Waals surface area contributed by atoms with Crippen molar-refractivity contribution in [3.05, 3.63) is 55.9 Å². The summed E-state index contributed by atoms with van der Waals surface area (Å²) in [7, 11) is 2.24. The molecular weight excluding hydrogens is 310 g/mol. The molecule has 0 saturated carbocycles. The number of thiophene rings is 2. The number of carbonyl (C=O) groups excluding carboxylic acids is 1. The highest BCUT2D eigenvalue weighted by atomic mass is 32.1. The fraction of sp³-hybridized carbons (Fsp3) is 0.278. The van der Waals surface area contributed by atoms with Gasteiger partial charge in [-0.1, -0.05) is 12.1 Å². The van der Waals surface area contributed by atoms with Crippen LogP contribution in [0.25, 0.3) is 12.2 Å². The molecule has 22 heavy (non-hydrogen) atoms. The van der Waals surface area contributed by atoms with Gasteiger partial charge in [0.05, 0.1) is 18.2 Å². The highest BCUT2D eigenvalue weighted by Gasteiger charge is 2.48. The molecule has 0 aliphatic carbocycles. The minimum Gasteiger partial charge on any atom is -0.325 e. The van der Waals surface area contributed by atoms with Gasteiger partial charge in [-0.25, -0.2) is 0 Å². The van der Waals surface area contributed by atoms with Crippen molar-refractivity contribution in [3.8, 4) is 0 Å². The number of ketones is 1. The highest BCUT2D eigenvalue weighted by molar-refractivity contribution is 7.11. The van der Waals surface area contributed by atoms with Crippen molar-refractivity contribution in [3.63, 3.8) is 0 Å². The summed E-state index contributed by atoms with van der Waals surface area (Å²) in [5.74, 6) is 0.264. The maximum Gasteiger partial charge on any atom is 0.196 e. The van der Waals surface area contributed by atoms with Crippen LogP contribution in [-0.4, -0.2) is 24.9 Å². The van der Waals surface area contributed by atoms with Gasteiger partial charge in [0.1, 0.15) is 12.1 Å². The van der Waals surface area contributed by atoms with Crippen LogP contribution in [0.4, 0.5) is 0 Å². The van der Waals surface area contributed by atoms with Crippen LogP contribution in [0.5, 0.6) is 0 Å². The molecule has 112 valence electrons. The molecule has 2 aliphatic rings. The predicted molar refractivity (Wildman–Crippen MR) is 93.3 cm³/mol. The van der Waals surface area contributed by atoms with Gasteiger partial charge in [0.25, 0.3) is 0 Å². The molecule has 2 bridgehead atoms. The van der Waals surface area contributed by atoms with Crippen molar-refractivity contribution in [2.45, 2.75) is 24.9 Å². The van der Waals surface area contributed by atoms with Gasteiger partial charge in [-0.15, -0.1) is 22.7 Å². The van der Waals surface area contributed by atoms with Crippen LogP contribution >= 0.6 is 22.7 Å². The van der Waals surface area contributed by atoms with E-state index in [2.05, 4.69) is 42.1 Å². The zero-order valence-corrected chi connectivity index (χ0v) is 14.0. The lowest BCUT2D eigenvalue weighted by molar-refractivity contribution is -0.906. The molecule has 2 aromatic heterocycles. The van der Waals surface area contributed by atoms with Gasteiger partial charge in [0.15, 0.2) is 5.78 Å². The van der Waals surface area contributed by atoms with Crippen molar-refractivity contribution < 1.29 is 9.69 Å². The third-order valence-corrected chi connectivity index (χ3v) is 6.44. The van der Waals surface area contributed by atoms with Gasteiger partial charge in [0.2, 0.25) is 0 Å². The smallest absolute Gasteiger partial charge is 0.196 e. The molecular formula is C18H18NOS2+. The third-order valence-electron chi connectivity index (χ3n) is 4.80. The second-order valence-electron chi connectivity index (χ2n) is 5.99. The standard InChI is InChI=1S/C18H17NOS2/c1-19-16-6-7-17(19)15(11-13-5-3-9-22-13)18(20)14(16)10-12-4-2-8-21-12/h2-5,8-11,16-17H,6-7H2,1H3/p+1. The van der Waals surface area contributed by atoms with E-state index in [0.717, 1.165) is 24.0 Å². The summed E-state index contributed by atoms with van der Waals surface area (Å²) >= 11 is 3.39. The van der Waals surface area contributed by atoms with Gasteiger partial charge in [-0.05, 0) is 35.0 Å². The summed E-state index contributed by atoms with van der Waals surface area (Å²) in [5, 5.41) is 4.13. The van der Waals surface area contributed by atoms with E-state index in [1.54, 1.807) is 22.7 Å². The zero-order chi connectivity index (χ0) is 15.1. The van der Waals surface area contributed by atoms with Gasteiger partial charge in [-0.3, -0.25) is 4.79 Å². The molecule has 0 spiro atoms. The Labute approximate surface area is 138 Å². The number of nitrogens with one attached hydrogen (secondary N) is 1. The minimum absolute atomic E-state index is 0.264. The zero-order valence-electron chi connectivity index (χ0n) is 12.4. The Morgan fingerprint density at radius 3 is 1.91 bits per heavy atom. The Kier molecular flexibility index (Phi) is 3.60. The highest BCUT2D eigenvalue weighted by Crippen LogP contribution is 2.32. The van der Waals surface area contributed by atoms with Crippen molar-refractivity contribution in [1.82, 2.24) is 0 Å². The van der Waals surface area contributed by atoms with Crippen molar-refractivity contribution in [1.29, 1.82) is 0 Å². The molecule has 2 nitrogen and oxygen atoms in total. The molecule has 4 rings (SSSR count). The number of quaternary nitrogens is 1. The van der Waals surface area contributed by atoms with Gasteiger partial charge in [-0.2, -0.15) is 0 Å². The van der Waals surface area contributed by atoms with Gasteiger partial charge >= 0.3 is 0 Å². The van der Waals surface area contributed by atoms with E-state index in [0.29, 0.717) is 12.1 Å². The lowest BCUT2D eigenvalue weighted by Gasteiger charge is -2.31. The number of rotatable bonds is 2. The van der Waals surface area contributed by atoms with Crippen LogP contribution in [0.3, 0.4) is 0 Å². The Balaban J connectivity index is 1.79. The van der Waals surface area contributed by atoms with Crippen molar-refractivity contribution >= 4 is 40.6 Å². The van der Waals surface area contributed by atoms with E-state index in [-0.39, 0.29) is 5.78 Å². The lowest BCUT2D eigenvalue weighted by atomic mass is 9.90. The van der Waals surface area contributed by atoms with Crippen LogP contribution in [0, 0.1) is 0 Å². The topological polar surface area (TPSA) is 21.5 Å². The van der Waals surface area contributed by atoms with Gasteiger partial charge < -0.3 is 4.90 Å². The summed E-state index contributed by atoms with van der Waals surface area (Å²) in [6, 6.07) is 8.98. The van der Waals surface area contributed by atoms with Gasteiger partial charge in [0, 0.05) is 22.6 Å². The summed E-state index contributed by atoms with van der Waals surface area (Å²) in [6.45, 7) is 0. The number of likely N-dealkylation sites (N-methyl/N-ethyl adjacent to an activating group) is 1. The number of fused-ring (bicyclic) bond motifs is 2. The number of hydrogen-bond acceptors (Lipinski definition) is 3. The first-order valence-electron chi connectivity index (χ1n) is 7.62. The largest absolute Gasteiger partial charge is 0.325 e. The third kappa shape index (κ3) is 2.32. The summed E-state index contributed by atoms with van der Waals surface area (Å²) in [5.41, 5.74) is 1.99. The summed E-state index contributed by atoms with van der Waals surface area (Å²) in [6.07, 6.45) is 6.46. The Morgan fingerprint density at radius 2 is 1.50 bits per heavy atom. The molecule has 0 aromatic carbocycles. The molecule has 2 aromatic rings. The van der Waals surface area contributed by atoms with Crippen LogP contribution in [0.1, 0.15) is 22.6 Å². The summed E-state index contributed by atoms with van der Waals surface area (Å²) < 4.78 is 0. The van der Waals surface area contributed by atoms with E-state index >= 15 is 0 Å². The van der Waals surface area contributed by atoms with E-state index in [4.69, 9.17) is 0 Å². The quantitative estimate of drug-likeness (QED) is 0.841. The lowest BCUT2D eigenvalue weighted by Crippen LogP contribution is -3.16. The normalized spacial score (nSPS) is 31.3. The number of piperidine rings is 1. The van der Waals surface area contributed by atoms with Crippen LogP contribution in [0.15, 0.2) is 46.2 Å². The average Bonchev–Trinajstić information content (AvgIpc) is 3.22. The van der Waals surface area contributed by atoms with E-state index in [1.165, 1.54) is 14.7 Å². The SMILES string of the molecule is C[NH+]1C2CCC1C(=Cc1cccs1)C(=O)C2=Cc1cccs1. The Bertz CT molecular complexity index is 678. The van der Waals surface area contributed by atoms with E-state index in [9.17, 15) is 4.79 Å². The Morgan fingerprint density at radius 1 is 1.00 bits per heavy atom. The van der Waals surface area contributed by atoms with E-state index in [1.807, 2.05) is 12.1 Å². The average molecular weight is 328 g/mol. The fourth-order valence-electron chi connectivity index (χ4n) is 3.70. The first-order valence-corrected chi connectivity index (χ1v) is 9.38.